The van der Waals surface area contributed by atoms with Gasteiger partial charge in [0.2, 0.25) is 6.41 Å². The Balaban J connectivity index is 4.90. The maximum absolute atomic E-state index is 14.0. The van der Waals surface area contributed by atoms with Crippen molar-refractivity contribution in [2.24, 2.45) is 10.7 Å². The summed E-state index contributed by atoms with van der Waals surface area (Å²) in [6.45, 7) is 2.99. The Morgan fingerprint density at radius 3 is 2.70 bits per heavy atom. The van der Waals surface area contributed by atoms with E-state index in [1.807, 2.05) is 0 Å². The summed E-state index contributed by atoms with van der Waals surface area (Å²) in [6, 6.07) is 0. The summed E-state index contributed by atoms with van der Waals surface area (Å²) in [5, 5.41) is 9.20. The van der Waals surface area contributed by atoms with Gasteiger partial charge in [0.05, 0.1) is 6.61 Å². The topological polar surface area (TPSA) is 88.1 Å². The number of amidine groups is 1. The molecule has 3 N–H and O–H groups in total. The van der Waals surface area contributed by atoms with E-state index in [1.54, 1.807) is 0 Å². The van der Waals surface area contributed by atoms with Crippen LogP contribution >= 0.6 is 0 Å². The number of nitrogens with two attached hydrogens (primary N) is 1. The van der Waals surface area contributed by atoms with E-state index < -0.39 is 30.2 Å². The summed E-state index contributed by atoms with van der Waals surface area (Å²) < 4.78 is 32.4. The third-order valence-corrected chi connectivity index (χ3v) is 2.76. The molecule has 114 valence electrons. The molecule has 0 aromatic carbocycles. The molecule has 0 rings (SSSR count). The highest BCUT2D eigenvalue weighted by Gasteiger charge is 2.31. The number of ether oxygens (including phenoxy) is 1. The first-order chi connectivity index (χ1) is 9.35. The van der Waals surface area contributed by atoms with Gasteiger partial charge in [0, 0.05) is 26.8 Å². The van der Waals surface area contributed by atoms with Crippen molar-refractivity contribution in [3.63, 3.8) is 0 Å². The molecule has 0 aliphatic heterocycles. The summed E-state index contributed by atoms with van der Waals surface area (Å²) in [7, 11) is 2.56. The van der Waals surface area contributed by atoms with E-state index in [0.717, 1.165) is 11.1 Å². The summed E-state index contributed by atoms with van der Waals surface area (Å²) in [4.78, 5) is 13.9. The van der Waals surface area contributed by atoms with Crippen LogP contribution in [0.5, 0.6) is 0 Å². The lowest BCUT2D eigenvalue weighted by Crippen LogP contribution is -2.40. The first-order valence-electron chi connectivity index (χ1n) is 5.66. The lowest BCUT2D eigenvalue weighted by atomic mass is 10.00. The molecule has 20 heavy (non-hydrogen) atoms. The number of nitrogens with zero attached hydrogens (tertiary/aromatic N) is 2. The van der Waals surface area contributed by atoms with E-state index in [-0.39, 0.29) is 12.8 Å². The zero-order valence-corrected chi connectivity index (χ0v) is 11.4. The lowest BCUT2D eigenvalue weighted by Gasteiger charge is -2.31. The van der Waals surface area contributed by atoms with Crippen molar-refractivity contribution in [2.45, 2.75) is 18.3 Å². The van der Waals surface area contributed by atoms with Crippen LogP contribution in [0, 0.1) is 0 Å². The van der Waals surface area contributed by atoms with Gasteiger partial charge in [-0.15, -0.1) is 6.58 Å². The summed E-state index contributed by atoms with van der Waals surface area (Å²) in [5.41, 5.74) is 3.86. The minimum atomic E-state index is -1.67. The van der Waals surface area contributed by atoms with Crippen LogP contribution in [0.3, 0.4) is 0 Å². The van der Waals surface area contributed by atoms with Gasteiger partial charge in [0.15, 0.2) is 18.0 Å². The minimum absolute atomic E-state index is 0.0785. The molecule has 0 saturated heterocycles. The van der Waals surface area contributed by atoms with Crippen LogP contribution in [0.1, 0.15) is 6.42 Å². The molecule has 0 heterocycles. The van der Waals surface area contributed by atoms with Gasteiger partial charge < -0.3 is 20.5 Å². The lowest BCUT2D eigenvalue weighted by molar-refractivity contribution is -0.106. The monoisotopic (exact) mass is 291 g/mol. The number of aliphatic imine (C=N–C) groups is 1. The second kappa shape index (κ2) is 8.39. The standard InChI is InChI=1S/C12H19F2N3O3/c1-4-12(7-18,20-3)5-10(14)17(2)6-9(13)11(15)16-8-19/h4,6,8,10,18H,1,5,7H2,2-3H3,(H2,15,16,19)/b9-6+/t10?,12-/m0/s1. The average Bonchev–Trinajstić information content (AvgIpc) is 2.44. The molecule has 0 aromatic rings. The number of rotatable bonds is 9. The van der Waals surface area contributed by atoms with Crippen LogP contribution < -0.4 is 5.73 Å². The number of hydrogen-bond donors (Lipinski definition) is 2. The summed E-state index contributed by atoms with van der Waals surface area (Å²) >= 11 is 0. The van der Waals surface area contributed by atoms with Crippen LogP contribution in [0.2, 0.25) is 0 Å². The molecule has 0 fully saturated rings. The first kappa shape index (κ1) is 18.2. The number of halogens is 2. The summed E-state index contributed by atoms with van der Waals surface area (Å²) in [6.07, 6.45) is 0.169. The molecule has 2 atom stereocenters. The zero-order valence-electron chi connectivity index (χ0n) is 11.4. The number of hydrogen-bond acceptors (Lipinski definition) is 4. The van der Waals surface area contributed by atoms with Crippen molar-refractivity contribution in [1.82, 2.24) is 4.90 Å². The van der Waals surface area contributed by atoms with Crippen molar-refractivity contribution in [3.8, 4) is 0 Å². The first-order valence-corrected chi connectivity index (χ1v) is 5.66. The molecule has 8 heteroatoms. The van der Waals surface area contributed by atoms with E-state index in [2.05, 4.69) is 11.6 Å². The predicted octanol–water partition coefficient (Wildman–Crippen LogP) is 0.492. The van der Waals surface area contributed by atoms with Gasteiger partial charge in [-0.05, 0) is 0 Å². The number of amides is 1. The Kier molecular flexibility index (Phi) is 7.63. The van der Waals surface area contributed by atoms with Crippen molar-refractivity contribution < 1.29 is 23.4 Å². The molecular weight excluding hydrogens is 272 g/mol. The van der Waals surface area contributed by atoms with E-state index in [4.69, 9.17) is 10.5 Å². The Bertz CT molecular complexity index is 395. The number of aliphatic hydroxyl groups excluding tert-OH is 1. The highest BCUT2D eigenvalue weighted by Crippen LogP contribution is 2.22. The van der Waals surface area contributed by atoms with Crippen LogP contribution in [0.4, 0.5) is 8.78 Å². The highest BCUT2D eigenvalue weighted by atomic mass is 19.1. The molecule has 0 radical (unpaired) electrons. The van der Waals surface area contributed by atoms with Gasteiger partial charge >= 0.3 is 0 Å². The van der Waals surface area contributed by atoms with Gasteiger partial charge in [-0.25, -0.2) is 8.78 Å². The molecule has 0 aliphatic rings. The Labute approximate surface area is 116 Å². The van der Waals surface area contributed by atoms with Crippen LogP contribution in [0.25, 0.3) is 0 Å². The Morgan fingerprint density at radius 2 is 2.30 bits per heavy atom. The second-order valence-corrected chi connectivity index (χ2v) is 4.03. The SMILES string of the molecule is C=C[C@@](CO)(CC(F)N(C)/C=C(F)\C(N)=N/C=O)OC. The fourth-order valence-electron chi connectivity index (χ4n) is 1.32. The van der Waals surface area contributed by atoms with Crippen LogP contribution in [0.15, 0.2) is 29.7 Å². The number of aliphatic hydroxyl groups is 1. The highest BCUT2D eigenvalue weighted by molar-refractivity contribution is 5.98. The van der Waals surface area contributed by atoms with Gasteiger partial charge in [0.1, 0.15) is 5.60 Å². The van der Waals surface area contributed by atoms with Gasteiger partial charge in [0.25, 0.3) is 0 Å². The van der Waals surface area contributed by atoms with Gasteiger partial charge in [-0.2, -0.15) is 4.99 Å². The van der Waals surface area contributed by atoms with Crippen LogP contribution in [-0.2, 0) is 9.53 Å². The molecule has 0 aliphatic carbocycles. The third kappa shape index (κ3) is 5.06. The summed E-state index contributed by atoms with van der Waals surface area (Å²) in [5.74, 6) is -1.70. The van der Waals surface area contributed by atoms with Gasteiger partial charge in [-0.1, -0.05) is 6.08 Å². The number of alkyl halides is 1. The average molecular weight is 291 g/mol. The molecular formula is C12H19F2N3O3. The Morgan fingerprint density at radius 1 is 1.70 bits per heavy atom. The molecule has 0 bridgehead atoms. The zero-order chi connectivity index (χ0) is 15.8. The van der Waals surface area contributed by atoms with E-state index in [9.17, 15) is 18.7 Å². The fraction of sp³-hybridized carbons (Fsp3) is 0.500. The second-order valence-electron chi connectivity index (χ2n) is 4.03. The van der Waals surface area contributed by atoms with Crippen molar-refractivity contribution in [1.29, 1.82) is 0 Å². The molecule has 1 unspecified atom stereocenters. The third-order valence-electron chi connectivity index (χ3n) is 2.76. The van der Waals surface area contributed by atoms with Crippen molar-refractivity contribution in [3.05, 3.63) is 24.7 Å². The smallest absolute Gasteiger partial charge is 0.234 e. The quantitative estimate of drug-likeness (QED) is 0.212. The molecule has 0 spiro atoms. The van der Waals surface area contributed by atoms with Crippen molar-refractivity contribution >= 4 is 12.2 Å². The maximum atomic E-state index is 14.0. The van der Waals surface area contributed by atoms with Crippen LogP contribution in [-0.4, -0.2) is 54.9 Å². The van der Waals surface area contributed by atoms with E-state index in [0.29, 0.717) is 0 Å². The predicted molar refractivity (Wildman–Crippen MR) is 71.2 cm³/mol. The maximum Gasteiger partial charge on any atom is 0.234 e. The normalized spacial score (nSPS) is 17.2. The minimum Gasteiger partial charge on any atom is -0.393 e. The van der Waals surface area contributed by atoms with Gasteiger partial charge in [-0.3, -0.25) is 4.79 Å². The molecule has 6 nitrogen and oxygen atoms in total. The largest absolute Gasteiger partial charge is 0.393 e. The van der Waals surface area contributed by atoms with Crippen molar-refractivity contribution in [2.75, 3.05) is 20.8 Å². The molecule has 1 amide bonds. The fourth-order valence-corrected chi connectivity index (χ4v) is 1.32. The molecule has 0 saturated carbocycles. The number of carbonyl (C=O) groups excluding carboxylic acids is 1. The number of carbonyl (C=O) groups is 1. The number of methoxy groups -OCH3 is 1. The van der Waals surface area contributed by atoms with E-state index >= 15 is 0 Å². The Hall–Kier alpha value is -1.80. The molecule has 0 aromatic heterocycles. The van der Waals surface area contributed by atoms with E-state index in [1.165, 1.54) is 20.2 Å².